The number of aliphatic hydroxyl groups is 1. The quantitative estimate of drug-likeness (QED) is 0.821. The van der Waals surface area contributed by atoms with Crippen molar-refractivity contribution in [2.24, 2.45) is 17.8 Å². The van der Waals surface area contributed by atoms with E-state index in [2.05, 4.69) is 24.1 Å². The summed E-state index contributed by atoms with van der Waals surface area (Å²) in [6.45, 7) is 7.74. The van der Waals surface area contributed by atoms with Gasteiger partial charge in [0.1, 0.15) is 0 Å². The van der Waals surface area contributed by atoms with Gasteiger partial charge < -0.3 is 15.2 Å². The van der Waals surface area contributed by atoms with E-state index in [1.807, 2.05) is 6.92 Å². The highest BCUT2D eigenvalue weighted by molar-refractivity contribution is 5.81. The van der Waals surface area contributed by atoms with Gasteiger partial charge in [0, 0.05) is 18.6 Å². The van der Waals surface area contributed by atoms with Gasteiger partial charge in [-0.1, -0.05) is 0 Å². The van der Waals surface area contributed by atoms with E-state index >= 15 is 0 Å². The molecule has 3 unspecified atom stereocenters. The lowest BCUT2D eigenvalue weighted by molar-refractivity contribution is -0.150. The Morgan fingerprint density at radius 2 is 1.92 bits per heavy atom. The van der Waals surface area contributed by atoms with Crippen molar-refractivity contribution in [2.45, 2.75) is 82.7 Å². The van der Waals surface area contributed by atoms with Gasteiger partial charge in [-0.2, -0.15) is 0 Å². The molecule has 4 saturated carbocycles. The summed E-state index contributed by atoms with van der Waals surface area (Å²) in [7, 11) is 0. The Morgan fingerprint density at radius 3 is 2.54 bits per heavy atom. The van der Waals surface area contributed by atoms with E-state index in [0.717, 1.165) is 25.8 Å². The molecule has 2 N–H and O–H groups in total. The maximum Gasteiger partial charge on any atom is 0.237 e. The van der Waals surface area contributed by atoms with Crippen LogP contribution in [-0.2, 0) is 9.53 Å². The molecule has 1 aliphatic heterocycles. The van der Waals surface area contributed by atoms with Crippen molar-refractivity contribution in [3.63, 3.8) is 0 Å². The van der Waals surface area contributed by atoms with E-state index in [1.54, 1.807) is 0 Å². The molecule has 5 fully saturated rings. The molecule has 0 aromatic carbocycles. The fraction of sp³-hybridized carbons (Fsp3) is 0.947. The third-order valence-corrected chi connectivity index (χ3v) is 7.08. The van der Waals surface area contributed by atoms with Crippen molar-refractivity contribution in [3.8, 4) is 0 Å². The van der Waals surface area contributed by atoms with Crippen LogP contribution in [0.5, 0.6) is 0 Å². The maximum absolute atomic E-state index is 12.9. The van der Waals surface area contributed by atoms with Crippen molar-refractivity contribution in [3.05, 3.63) is 0 Å². The van der Waals surface area contributed by atoms with E-state index in [0.29, 0.717) is 24.4 Å². The van der Waals surface area contributed by atoms with E-state index < -0.39 is 5.60 Å². The third kappa shape index (κ3) is 2.89. The summed E-state index contributed by atoms with van der Waals surface area (Å²) >= 11 is 0. The van der Waals surface area contributed by atoms with Gasteiger partial charge >= 0.3 is 0 Å². The lowest BCUT2D eigenvalue weighted by atomic mass is 9.52. The van der Waals surface area contributed by atoms with Crippen LogP contribution in [0.1, 0.15) is 52.9 Å². The lowest BCUT2D eigenvalue weighted by Crippen LogP contribution is -2.64. The molecule has 1 amide bonds. The first-order chi connectivity index (χ1) is 11.3. The average molecular weight is 336 g/mol. The van der Waals surface area contributed by atoms with Gasteiger partial charge in [0.25, 0.3) is 0 Å². The molecule has 0 aromatic heterocycles. The fourth-order valence-corrected chi connectivity index (χ4v) is 6.12. The van der Waals surface area contributed by atoms with Gasteiger partial charge in [-0.15, -0.1) is 0 Å². The smallest absolute Gasteiger partial charge is 0.237 e. The number of nitrogens with one attached hydrogen (secondary N) is 1. The van der Waals surface area contributed by atoms with Crippen LogP contribution in [0.2, 0.25) is 0 Å². The molecule has 5 heteroatoms. The fourth-order valence-electron chi connectivity index (χ4n) is 6.12. The molecule has 4 bridgehead atoms. The molecule has 0 aromatic rings. The molecule has 5 nitrogen and oxygen atoms in total. The molecule has 0 spiro atoms. The predicted octanol–water partition coefficient (Wildman–Crippen LogP) is 1.54. The second kappa shape index (κ2) is 5.96. The van der Waals surface area contributed by atoms with Crippen LogP contribution in [0.4, 0.5) is 0 Å². The van der Waals surface area contributed by atoms with Gasteiger partial charge in [0.05, 0.1) is 24.4 Å². The number of ether oxygens (including phenoxy) is 1. The van der Waals surface area contributed by atoms with Gasteiger partial charge in [-0.25, -0.2) is 0 Å². The molecular formula is C19H32N2O3. The number of nitrogens with zero attached hydrogens (tertiary/aromatic N) is 1. The number of morpholine rings is 1. The maximum atomic E-state index is 12.9. The highest BCUT2D eigenvalue weighted by atomic mass is 16.5. The van der Waals surface area contributed by atoms with E-state index in [1.165, 1.54) is 12.8 Å². The van der Waals surface area contributed by atoms with Crippen LogP contribution in [0.25, 0.3) is 0 Å². The summed E-state index contributed by atoms with van der Waals surface area (Å²) in [6, 6.07) is 0.429. The van der Waals surface area contributed by atoms with Crippen LogP contribution >= 0.6 is 0 Å². The van der Waals surface area contributed by atoms with E-state index in [9.17, 15) is 9.90 Å². The minimum absolute atomic E-state index is 0.119. The number of carbonyl (C=O) groups excluding carboxylic acids is 1. The third-order valence-electron chi connectivity index (χ3n) is 7.08. The van der Waals surface area contributed by atoms with Crippen molar-refractivity contribution in [1.29, 1.82) is 0 Å². The van der Waals surface area contributed by atoms with Crippen molar-refractivity contribution >= 4 is 5.91 Å². The molecule has 136 valence electrons. The van der Waals surface area contributed by atoms with Crippen molar-refractivity contribution in [1.82, 2.24) is 10.2 Å². The van der Waals surface area contributed by atoms with Crippen LogP contribution in [0, 0.1) is 17.8 Å². The summed E-state index contributed by atoms with van der Waals surface area (Å²) in [5.41, 5.74) is -0.433. The first kappa shape index (κ1) is 16.8. The highest BCUT2D eigenvalue weighted by Gasteiger charge is 2.55. The second-order valence-electron chi connectivity index (χ2n) is 9.09. The standard InChI is InChI=1S/C19H32N2O3/c1-11-10-24-12(2)9-21(11)13(3)18(22)20-17-15-4-14-5-16(17)8-19(23,6-14)7-15/h11-17,23H,4-10H2,1-3H3,(H,20,22)/t11-,12-,13?,14?,15?,16?,17?,19?/m0/s1. The Morgan fingerprint density at radius 1 is 1.25 bits per heavy atom. The summed E-state index contributed by atoms with van der Waals surface area (Å²) in [5, 5.41) is 14.1. The lowest BCUT2D eigenvalue weighted by Gasteiger charge is -2.58. The average Bonchev–Trinajstić information content (AvgIpc) is 2.50. The van der Waals surface area contributed by atoms with Crippen molar-refractivity contribution < 1.29 is 14.6 Å². The van der Waals surface area contributed by atoms with E-state index in [4.69, 9.17) is 4.74 Å². The molecule has 24 heavy (non-hydrogen) atoms. The zero-order chi connectivity index (χ0) is 17.1. The van der Waals surface area contributed by atoms with Crippen LogP contribution < -0.4 is 5.32 Å². The van der Waals surface area contributed by atoms with Gasteiger partial charge in [0.2, 0.25) is 5.91 Å². The molecule has 5 atom stereocenters. The van der Waals surface area contributed by atoms with Gasteiger partial charge in [0.15, 0.2) is 0 Å². The summed E-state index contributed by atoms with van der Waals surface area (Å²) in [5.74, 6) is 1.77. The topological polar surface area (TPSA) is 61.8 Å². The predicted molar refractivity (Wildman–Crippen MR) is 91.5 cm³/mol. The van der Waals surface area contributed by atoms with E-state index in [-0.39, 0.29) is 30.1 Å². The zero-order valence-corrected chi connectivity index (χ0v) is 15.2. The molecule has 1 saturated heterocycles. The van der Waals surface area contributed by atoms with Crippen LogP contribution in [-0.4, -0.2) is 58.9 Å². The first-order valence-electron chi connectivity index (χ1n) is 9.75. The second-order valence-corrected chi connectivity index (χ2v) is 9.09. The minimum atomic E-state index is -0.433. The summed E-state index contributed by atoms with van der Waals surface area (Å²) < 4.78 is 5.69. The highest BCUT2D eigenvalue weighted by Crippen LogP contribution is 2.55. The molecular weight excluding hydrogens is 304 g/mol. The monoisotopic (exact) mass is 336 g/mol. The SMILES string of the molecule is CC(C(=O)NC1C2CC3CC1CC(O)(C3)C2)N1C[C@H](C)OC[C@@H]1C. The summed E-state index contributed by atoms with van der Waals surface area (Å²) in [4.78, 5) is 15.2. The zero-order valence-electron chi connectivity index (χ0n) is 15.2. The Bertz CT molecular complexity index is 495. The number of amides is 1. The molecule has 1 heterocycles. The normalized spacial score (nSPS) is 49.2. The Labute approximate surface area is 145 Å². The summed E-state index contributed by atoms with van der Waals surface area (Å²) in [6.07, 6.45) is 5.30. The number of carbonyl (C=O) groups is 1. The van der Waals surface area contributed by atoms with Crippen molar-refractivity contribution in [2.75, 3.05) is 13.2 Å². The Balaban J connectivity index is 1.41. The Kier molecular flexibility index (Phi) is 4.17. The largest absolute Gasteiger partial charge is 0.390 e. The number of hydrogen-bond donors (Lipinski definition) is 2. The molecule has 5 aliphatic rings. The van der Waals surface area contributed by atoms with Gasteiger partial charge in [-0.05, 0) is 70.6 Å². The Hall–Kier alpha value is -0.650. The molecule has 4 aliphatic carbocycles. The van der Waals surface area contributed by atoms with Crippen LogP contribution in [0.3, 0.4) is 0 Å². The first-order valence-corrected chi connectivity index (χ1v) is 9.75. The number of rotatable bonds is 3. The van der Waals surface area contributed by atoms with Gasteiger partial charge in [-0.3, -0.25) is 9.69 Å². The molecule has 5 rings (SSSR count). The minimum Gasteiger partial charge on any atom is -0.390 e. The number of hydrogen-bond acceptors (Lipinski definition) is 4. The van der Waals surface area contributed by atoms with Crippen LogP contribution in [0.15, 0.2) is 0 Å². The molecule has 0 radical (unpaired) electrons.